The lowest BCUT2D eigenvalue weighted by Gasteiger charge is -2.20. The molecule has 0 radical (unpaired) electrons. The summed E-state index contributed by atoms with van der Waals surface area (Å²) in [5.74, 6) is -0.552. The Morgan fingerprint density at radius 3 is 2.70 bits per heavy atom. The number of hydrogen-bond donors (Lipinski definition) is 3. The van der Waals surface area contributed by atoms with Crippen molar-refractivity contribution in [3.8, 4) is 0 Å². The maximum Gasteiger partial charge on any atom is 0.506 e. The van der Waals surface area contributed by atoms with E-state index >= 15 is 0 Å². The van der Waals surface area contributed by atoms with Crippen molar-refractivity contribution >= 4 is 29.0 Å². The van der Waals surface area contributed by atoms with Crippen molar-refractivity contribution in [2.45, 2.75) is 25.4 Å². The minimum absolute atomic E-state index is 0.202. The molecule has 1 aromatic carbocycles. The van der Waals surface area contributed by atoms with Gasteiger partial charge in [-0.2, -0.15) is 0 Å². The van der Waals surface area contributed by atoms with Crippen LogP contribution in [0.4, 0.5) is 10.6 Å². The van der Waals surface area contributed by atoms with Gasteiger partial charge in [-0.15, -0.1) is 0 Å². The van der Waals surface area contributed by atoms with Gasteiger partial charge in [-0.3, -0.25) is 9.36 Å². The van der Waals surface area contributed by atoms with Gasteiger partial charge in [-0.25, -0.2) is 19.7 Å². The summed E-state index contributed by atoms with van der Waals surface area (Å²) in [5, 5.41) is 21.3. The Hall–Kier alpha value is -3.57. The molecule has 1 fully saturated rings. The Kier molecular flexibility index (Phi) is 5.29. The molecule has 3 N–H and O–H groups in total. The van der Waals surface area contributed by atoms with E-state index < -0.39 is 30.5 Å². The number of fused-ring (bicyclic) bond motifs is 1. The van der Waals surface area contributed by atoms with E-state index in [1.165, 1.54) is 17.2 Å². The number of amides is 1. The topological polar surface area (TPSA) is 149 Å². The van der Waals surface area contributed by atoms with Crippen LogP contribution in [0.1, 0.15) is 23.5 Å². The van der Waals surface area contributed by atoms with E-state index in [1.54, 1.807) is 37.3 Å². The third kappa shape index (κ3) is 3.55. The van der Waals surface area contributed by atoms with Crippen molar-refractivity contribution in [3.05, 3.63) is 48.5 Å². The van der Waals surface area contributed by atoms with E-state index in [0.717, 1.165) is 0 Å². The minimum Gasteiger partial charge on any atom is -0.450 e. The highest BCUT2D eigenvalue weighted by atomic mass is 16.7. The standard InChI is InChI=1S/C19H19N5O6/c1-10-12(7-25)29-18(14(10)30-19(27)28)24-9-22-13-15(20-8-21-16(13)24)23-17(26)11-5-3-2-4-6-11/h2-6,8-10,12,14,18,25H,7H2,1H3,(H,27,28)(H,20,21,23,26)/t10-,12-,14-,18-/m1/s1. The fraction of sp³-hybridized carbons (Fsp3) is 0.316. The van der Waals surface area contributed by atoms with Crippen LogP contribution in [0.25, 0.3) is 11.2 Å². The van der Waals surface area contributed by atoms with Crippen molar-refractivity contribution in [2.75, 3.05) is 11.9 Å². The number of carboxylic acid groups (broad SMARTS) is 1. The summed E-state index contributed by atoms with van der Waals surface area (Å²) in [6, 6.07) is 8.64. The first-order valence-electron chi connectivity index (χ1n) is 9.19. The van der Waals surface area contributed by atoms with Crippen molar-refractivity contribution in [1.29, 1.82) is 0 Å². The lowest BCUT2D eigenvalue weighted by Crippen LogP contribution is -2.30. The number of aromatic nitrogens is 4. The van der Waals surface area contributed by atoms with Crippen molar-refractivity contribution < 1.29 is 29.3 Å². The number of anilines is 1. The third-order valence-electron chi connectivity index (χ3n) is 5.02. The molecule has 2 aromatic heterocycles. The molecule has 0 unspecified atom stereocenters. The van der Waals surface area contributed by atoms with E-state index in [1.807, 2.05) is 0 Å². The van der Waals surface area contributed by atoms with Crippen LogP contribution < -0.4 is 5.32 Å². The number of benzene rings is 1. The van der Waals surface area contributed by atoms with Gasteiger partial charge >= 0.3 is 6.16 Å². The molecule has 1 aliphatic heterocycles. The maximum atomic E-state index is 12.5. The van der Waals surface area contributed by atoms with E-state index in [2.05, 4.69) is 20.3 Å². The van der Waals surface area contributed by atoms with E-state index in [0.29, 0.717) is 16.7 Å². The van der Waals surface area contributed by atoms with Gasteiger partial charge in [-0.1, -0.05) is 25.1 Å². The first kappa shape index (κ1) is 19.7. The Labute approximate surface area is 170 Å². The van der Waals surface area contributed by atoms with Crippen molar-refractivity contribution in [1.82, 2.24) is 19.5 Å². The fourth-order valence-corrected chi connectivity index (χ4v) is 3.47. The normalized spacial score (nSPS) is 23.4. The Morgan fingerprint density at radius 1 is 1.23 bits per heavy atom. The molecule has 30 heavy (non-hydrogen) atoms. The second-order valence-corrected chi connectivity index (χ2v) is 6.82. The number of rotatable bonds is 5. The molecule has 4 rings (SSSR count). The zero-order valence-corrected chi connectivity index (χ0v) is 15.9. The third-order valence-corrected chi connectivity index (χ3v) is 5.02. The number of nitrogens with zero attached hydrogens (tertiary/aromatic N) is 4. The first-order chi connectivity index (χ1) is 14.5. The van der Waals surface area contributed by atoms with Gasteiger partial charge in [0.05, 0.1) is 19.0 Å². The van der Waals surface area contributed by atoms with Crippen LogP contribution in [0.2, 0.25) is 0 Å². The molecule has 1 amide bonds. The average Bonchev–Trinajstić information content (AvgIpc) is 3.30. The number of ether oxygens (including phenoxy) is 2. The van der Waals surface area contributed by atoms with Gasteiger partial charge in [0.1, 0.15) is 6.33 Å². The minimum atomic E-state index is -1.45. The van der Waals surface area contributed by atoms with E-state index in [9.17, 15) is 14.7 Å². The van der Waals surface area contributed by atoms with E-state index in [-0.39, 0.29) is 18.3 Å². The zero-order chi connectivity index (χ0) is 21.3. The highest BCUT2D eigenvalue weighted by molar-refractivity contribution is 6.06. The average molecular weight is 413 g/mol. The van der Waals surface area contributed by atoms with Gasteiger partial charge < -0.3 is 25.0 Å². The van der Waals surface area contributed by atoms with Crippen molar-refractivity contribution in [3.63, 3.8) is 0 Å². The van der Waals surface area contributed by atoms with Crippen LogP contribution in [-0.4, -0.2) is 60.6 Å². The monoisotopic (exact) mass is 413 g/mol. The summed E-state index contributed by atoms with van der Waals surface area (Å²) in [4.78, 5) is 36.2. The van der Waals surface area contributed by atoms with Gasteiger partial charge in [-0.05, 0) is 12.1 Å². The molecule has 0 aliphatic carbocycles. The lowest BCUT2D eigenvalue weighted by molar-refractivity contribution is -0.0582. The van der Waals surface area contributed by atoms with Gasteiger partial charge in [0, 0.05) is 11.5 Å². The van der Waals surface area contributed by atoms with Gasteiger partial charge in [0.25, 0.3) is 5.91 Å². The molecule has 3 aromatic rings. The summed E-state index contributed by atoms with van der Waals surface area (Å²) < 4.78 is 12.3. The Bertz CT molecular complexity index is 1070. The van der Waals surface area contributed by atoms with Gasteiger partial charge in [0.15, 0.2) is 29.3 Å². The number of nitrogens with one attached hydrogen (secondary N) is 1. The molecule has 156 valence electrons. The SMILES string of the molecule is C[C@H]1[C@@H](OC(=O)O)[C@H](n2cnc3c(NC(=O)c4ccccc4)ncnc32)O[C@@H]1CO. The number of aliphatic hydroxyl groups is 1. The summed E-state index contributed by atoms with van der Waals surface area (Å²) in [7, 11) is 0. The van der Waals surface area contributed by atoms with Crippen LogP contribution in [0.3, 0.4) is 0 Å². The molecule has 3 heterocycles. The molecule has 4 atom stereocenters. The summed E-state index contributed by atoms with van der Waals surface area (Å²) >= 11 is 0. The van der Waals surface area contributed by atoms with Crippen molar-refractivity contribution in [2.24, 2.45) is 5.92 Å². The highest BCUT2D eigenvalue weighted by Gasteiger charge is 2.46. The summed E-state index contributed by atoms with van der Waals surface area (Å²) in [5.41, 5.74) is 1.08. The number of imidazole rings is 1. The van der Waals surface area contributed by atoms with Crippen LogP contribution in [-0.2, 0) is 9.47 Å². The lowest BCUT2D eigenvalue weighted by atomic mass is 10.0. The number of aliphatic hydroxyl groups excluding tert-OH is 1. The second-order valence-electron chi connectivity index (χ2n) is 6.82. The van der Waals surface area contributed by atoms with E-state index in [4.69, 9.17) is 14.6 Å². The maximum absolute atomic E-state index is 12.5. The largest absolute Gasteiger partial charge is 0.506 e. The number of carbonyl (C=O) groups excluding carboxylic acids is 1. The quantitative estimate of drug-likeness (QED) is 0.531. The Morgan fingerprint density at radius 2 is 2.00 bits per heavy atom. The predicted octanol–water partition coefficient (Wildman–Crippen LogP) is 1.67. The predicted molar refractivity (Wildman–Crippen MR) is 103 cm³/mol. The molecule has 1 aliphatic rings. The molecule has 0 bridgehead atoms. The van der Waals surface area contributed by atoms with Crippen LogP contribution in [0.15, 0.2) is 43.0 Å². The zero-order valence-electron chi connectivity index (χ0n) is 15.9. The Balaban J connectivity index is 1.67. The first-order valence-corrected chi connectivity index (χ1v) is 9.19. The summed E-state index contributed by atoms with van der Waals surface area (Å²) in [6.07, 6.45) is -1.16. The van der Waals surface area contributed by atoms with Crippen LogP contribution in [0.5, 0.6) is 0 Å². The molecule has 0 spiro atoms. The molecule has 1 saturated heterocycles. The summed E-state index contributed by atoms with van der Waals surface area (Å²) in [6.45, 7) is 1.44. The molecular weight excluding hydrogens is 394 g/mol. The van der Waals surface area contributed by atoms with Crippen LogP contribution in [0, 0.1) is 5.92 Å². The molecular formula is C19H19N5O6. The molecule has 0 saturated carbocycles. The van der Waals surface area contributed by atoms with Gasteiger partial charge in [0.2, 0.25) is 0 Å². The number of carbonyl (C=O) groups is 2. The second kappa shape index (κ2) is 8.05. The molecule has 11 heteroatoms. The molecule has 11 nitrogen and oxygen atoms in total. The number of hydrogen-bond acceptors (Lipinski definition) is 8. The highest BCUT2D eigenvalue weighted by Crippen LogP contribution is 2.37. The van der Waals surface area contributed by atoms with Crippen LogP contribution >= 0.6 is 0 Å². The fourth-order valence-electron chi connectivity index (χ4n) is 3.47. The smallest absolute Gasteiger partial charge is 0.450 e.